The van der Waals surface area contributed by atoms with Gasteiger partial charge in [0.2, 0.25) is 10.0 Å². The molecule has 2 heterocycles. The molecule has 8 heteroatoms. The van der Waals surface area contributed by atoms with Gasteiger partial charge in [-0.1, -0.05) is 0 Å². The highest BCUT2D eigenvalue weighted by atomic mass is 32.2. The fourth-order valence-electron chi connectivity index (χ4n) is 2.71. The Labute approximate surface area is 118 Å². The van der Waals surface area contributed by atoms with E-state index in [4.69, 9.17) is 4.74 Å². The summed E-state index contributed by atoms with van der Waals surface area (Å²) < 4.78 is 33.6. The molecule has 0 spiro atoms. The standard InChI is InChI=1S/C12H20N4O3S/c1-19-9-12(5-6-12)20(17,18)13-8-11-15-14-10-4-2-3-7-16(10)11/h13H,2-9H2,1H3. The van der Waals surface area contributed by atoms with Crippen LogP contribution in [-0.2, 0) is 34.3 Å². The summed E-state index contributed by atoms with van der Waals surface area (Å²) in [4.78, 5) is 0. The average molecular weight is 300 g/mol. The van der Waals surface area contributed by atoms with Crippen LogP contribution in [0.4, 0.5) is 0 Å². The van der Waals surface area contributed by atoms with Gasteiger partial charge in [0.25, 0.3) is 0 Å². The van der Waals surface area contributed by atoms with Gasteiger partial charge in [-0.05, 0) is 25.7 Å². The first-order chi connectivity index (χ1) is 9.58. The Hall–Kier alpha value is -0.990. The maximum atomic E-state index is 12.3. The van der Waals surface area contributed by atoms with Crippen LogP contribution in [0.5, 0.6) is 0 Å². The van der Waals surface area contributed by atoms with Gasteiger partial charge in [-0.3, -0.25) is 0 Å². The van der Waals surface area contributed by atoms with Crippen molar-refractivity contribution in [1.29, 1.82) is 0 Å². The number of sulfonamides is 1. The monoisotopic (exact) mass is 300 g/mol. The lowest BCUT2D eigenvalue weighted by Gasteiger charge is -2.17. The Morgan fingerprint density at radius 2 is 2.15 bits per heavy atom. The highest BCUT2D eigenvalue weighted by Gasteiger charge is 2.54. The Balaban J connectivity index is 1.69. The summed E-state index contributed by atoms with van der Waals surface area (Å²) in [5.74, 6) is 1.67. The normalized spacial score (nSPS) is 20.6. The Bertz CT molecular complexity index is 592. The van der Waals surface area contributed by atoms with E-state index in [1.807, 2.05) is 4.57 Å². The quantitative estimate of drug-likeness (QED) is 0.812. The number of ether oxygens (including phenoxy) is 1. The molecular weight excluding hydrogens is 280 g/mol. The molecule has 2 aliphatic rings. The largest absolute Gasteiger partial charge is 0.383 e. The summed E-state index contributed by atoms with van der Waals surface area (Å²) in [6.07, 6.45) is 4.47. The molecule has 0 bridgehead atoms. The van der Waals surface area contributed by atoms with Gasteiger partial charge < -0.3 is 9.30 Å². The Kier molecular flexibility index (Phi) is 3.55. The smallest absolute Gasteiger partial charge is 0.220 e. The molecule has 1 fully saturated rings. The molecule has 0 unspecified atom stereocenters. The van der Waals surface area contributed by atoms with Crippen molar-refractivity contribution in [3.63, 3.8) is 0 Å². The van der Waals surface area contributed by atoms with E-state index in [2.05, 4.69) is 14.9 Å². The maximum absolute atomic E-state index is 12.3. The number of hydrogen-bond acceptors (Lipinski definition) is 5. The van der Waals surface area contributed by atoms with Crippen molar-refractivity contribution in [3.05, 3.63) is 11.6 Å². The molecule has 0 atom stereocenters. The average Bonchev–Trinajstić information content (AvgIpc) is 3.12. The summed E-state index contributed by atoms with van der Waals surface area (Å²) in [6.45, 7) is 1.34. The van der Waals surface area contributed by atoms with Gasteiger partial charge in [-0.2, -0.15) is 0 Å². The second-order valence-corrected chi connectivity index (χ2v) is 7.74. The zero-order valence-electron chi connectivity index (χ0n) is 11.6. The summed E-state index contributed by atoms with van der Waals surface area (Å²) in [6, 6.07) is 0. The highest BCUT2D eigenvalue weighted by Crippen LogP contribution is 2.43. The van der Waals surface area contributed by atoms with Gasteiger partial charge >= 0.3 is 0 Å². The molecule has 112 valence electrons. The van der Waals surface area contributed by atoms with Crippen molar-refractivity contribution in [2.24, 2.45) is 0 Å². The molecule has 0 radical (unpaired) electrons. The minimum Gasteiger partial charge on any atom is -0.383 e. The van der Waals surface area contributed by atoms with Crippen LogP contribution in [0.25, 0.3) is 0 Å². The molecule has 1 aromatic rings. The first-order valence-electron chi connectivity index (χ1n) is 6.97. The lowest BCUT2D eigenvalue weighted by Crippen LogP contribution is -2.39. The summed E-state index contributed by atoms with van der Waals surface area (Å²) >= 11 is 0. The fourth-order valence-corrected chi connectivity index (χ4v) is 4.24. The van der Waals surface area contributed by atoms with Crippen molar-refractivity contribution < 1.29 is 13.2 Å². The van der Waals surface area contributed by atoms with Gasteiger partial charge in [0, 0.05) is 20.1 Å². The Morgan fingerprint density at radius 1 is 1.35 bits per heavy atom. The number of hydrogen-bond donors (Lipinski definition) is 1. The predicted molar refractivity (Wildman–Crippen MR) is 72.6 cm³/mol. The summed E-state index contributed by atoms with van der Waals surface area (Å²) in [7, 11) is -1.84. The SMILES string of the molecule is COCC1(S(=O)(=O)NCc2nnc3n2CCCC3)CC1. The van der Waals surface area contributed by atoms with Crippen LogP contribution in [0.3, 0.4) is 0 Å². The number of aryl methyl sites for hydroxylation is 1. The molecule has 0 aromatic carbocycles. The van der Waals surface area contributed by atoms with Crippen molar-refractivity contribution in [3.8, 4) is 0 Å². The maximum Gasteiger partial charge on any atom is 0.220 e. The van der Waals surface area contributed by atoms with Crippen molar-refractivity contribution in [1.82, 2.24) is 19.5 Å². The third-order valence-corrected chi connectivity index (χ3v) is 6.33. The molecule has 1 aliphatic heterocycles. The fraction of sp³-hybridized carbons (Fsp3) is 0.833. The predicted octanol–water partition coefficient (Wildman–Crippen LogP) is 0.213. The minimum atomic E-state index is -3.37. The molecule has 1 aliphatic carbocycles. The van der Waals surface area contributed by atoms with Crippen LogP contribution >= 0.6 is 0 Å². The van der Waals surface area contributed by atoms with Gasteiger partial charge in [0.05, 0.1) is 13.2 Å². The first kappa shape index (κ1) is 14.0. The second kappa shape index (κ2) is 5.09. The van der Waals surface area contributed by atoms with Crippen LogP contribution in [0.15, 0.2) is 0 Å². The van der Waals surface area contributed by atoms with E-state index in [0.717, 1.165) is 31.6 Å². The van der Waals surface area contributed by atoms with Gasteiger partial charge in [0.1, 0.15) is 16.4 Å². The van der Waals surface area contributed by atoms with Gasteiger partial charge in [-0.15, -0.1) is 10.2 Å². The minimum absolute atomic E-state index is 0.209. The van der Waals surface area contributed by atoms with Gasteiger partial charge in [-0.25, -0.2) is 13.1 Å². The number of nitrogens with one attached hydrogen (secondary N) is 1. The number of aromatic nitrogens is 3. The first-order valence-corrected chi connectivity index (χ1v) is 8.45. The lowest BCUT2D eigenvalue weighted by molar-refractivity contribution is 0.191. The van der Waals surface area contributed by atoms with E-state index in [1.54, 1.807) is 0 Å². The zero-order chi connectivity index (χ0) is 14.2. The van der Waals surface area contributed by atoms with E-state index in [1.165, 1.54) is 7.11 Å². The lowest BCUT2D eigenvalue weighted by atomic mass is 10.2. The molecule has 1 saturated carbocycles. The van der Waals surface area contributed by atoms with Crippen molar-refractivity contribution in [2.75, 3.05) is 13.7 Å². The molecule has 20 heavy (non-hydrogen) atoms. The van der Waals surface area contributed by atoms with E-state index in [0.29, 0.717) is 18.7 Å². The zero-order valence-corrected chi connectivity index (χ0v) is 12.4. The van der Waals surface area contributed by atoms with Crippen LogP contribution in [0.1, 0.15) is 37.3 Å². The summed E-state index contributed by atoms with van der Waals surface area (Å²) in [5.41, 5.74) is 0. The van der Waals surface area contributed by atoms with E-state index >= 15 is 0 Å². The summed E-state index contributed by atoms with van der Waals surface area (Å²) in [5, 5.41) is 8.23. The molecule has 1 N–H and O–H groups in total. The Morgan fingerprint density at radius 3 is 2.85 bits per heavy atom. The van der Waals surface area contributed by atoms with E-state index < -0.39 is 14.8 Å². The topological polar surface area (TPSA) is 86.1 Å². The number of methoxy groups -OCH3 is 1. The number of nitrogens with zero attached hydrogens (tertiary/aromatic N) is 3. The van der Waals surface area contributed by atoms with Crippen LogP contribution in [0.2, 0.25) is 0 Å². The molecule has 0 saturated heterocycles. The number of rotatable bonds is 6. The van der Waals surface area contributed by atoms with Crippen LogP contribution < -0.4 is 4.72 Å². The third-order valence-electron chi connectivity index (χ3n) is 4.14. The molecule has 7 nitrogen and oxygen atoms in total. The number of fused-ring (bicyclic) bond motifs is 1. The van der Waals surface area contributed by atoms with Crippen molar-refractivity contribution in [2.45, 2.75) is 49.9 Å². The second-order valence-electron chi connectivity index (χ2n) is 5.58. The molecule has 3 rings (SSSR count). The molecule has 1 aromatic heterocycles. The molecular formula is C12H20N4O3S. The van der Waals surface area contributed by atoms with E-state index in [9.17, 15) is 8.42 Å². The van der Waals surface area contributed by atoms with Crippen LogP contribution in [-0.4, -0.2) is 41.6 Å². The van der Waals surface area contributed by atoms with Crippen molar-refractivity contribution >= 4 is 10.0 Å². The van der Waals surface area contributed by atoms with Crippen LogP contribution in [0, 0.1) is 0 Å². The molecule has 0 amide bonds. The highest BCUT2D eigenvalue weighted by molar-refractivity contribution is 7.91. The third kappa shape index (κ3) is 2.36. The van der Waals surface area contributed by atoms with Gasteiger partial charge in [0.15, 0.2) is 0 Å². The van der Waals surface area contributed by atoms with E-state index in [-0.39, 0.29) is 13.2 Å².